The normalized spacial score (nSPS) is 13.2. The van der Waals surface area contributed by atoms with Gasteiger partial charge in [0.15, 0.2) is 0 Å². The van der Waals surface area contributed by atoms with Crippen molar-refractivity contribution >= 4 is 0 Å². The number of nitrogens with one attached hydrogen (secondary N) is 1. The molecule has 2 rings (SSSR count). The molecule has 0 amide bonds. The molecule has 112 valence electrons. The monoisotopic (exact) mass is 281 g/mol. The smallest absolute Gasteiger partial charge is 0.0576 e. The van der Waals surface area contributed by atoms with Crippen molar-refractivity contribution in [1.82, 2.24) is 5.32 Å². The van der Waals surface area contributed by atoms with Crippen LogP contribution in [0, 0.1) is 13.8 Å². The molecule has 0 radical (unpaired) electrons. The Bertz CT molecular complexity index is 603. The van der Waals surface area contributed by atoms with E-state index >= 15 is 0 Å². The third-order valence-electron chi connectivity index (χ3n) is 4.36. The van der Waals surface area contributed by atoms with Crippen LogP contribution in [-0.2, 0) is 5.41 Å². The minimum atomic E-state index is 0.201. The average molecular weight is 281 g/mol. The lowest BCUT2D eigenvalue weighted by Gasteiger charge is -2.23. The van der Waals surface area contributed by atoms with E-state index in [1.54, 1.807) is 0 Å². The van der Waals surface area contributed by atoms with Crippen molar-refractivity contribution in [2.45, 2.75) is 46.1 Å². The first-order chi connectivity index (χ1) is 9.84. The summed E-state index contributed by atoms with van der Waals surface area (Å²) in [6, 6.07) is 15.8. The fourth-order valence-corrected chi connectivity index (χ4v) is 2.76. The maximum atomic E-state index is 3.46. The summed E-state index contributed by atoms with van der Waals surface area (Å²) in [5.41, 5.74) is 6.98. The quantitative estimate of drug-likeness (QED) is 0.843. The molecule has 2 aromatic carbocycles. The summed E-state index contributed by atoms with van der Waals surface area (Å²) in [6.45, 7) is 11.1. The molecule has 2 aromatic rings. The van der Waals surface area contributed by atoms with Crippen LogP contribution < -0.4 is 5.32 Å². The molecule has 0 heterocycles. The molecule has 0 saturated carbocycles. The van der Waals surface area contributed by atoms with Gasteiger partial charge in [-0.1, -0.05) is 63.2 Å². The molecule has 21 heavy (non-hydrogen) atoms. The third-order valence-corrected chi connectivity index (χ3v) is 4.36. The summed E-state index contributed by atoms with van der Waals surface area (Å²) < 4.78 is 0. The van der Waals surface area contributed by atoms with Crippen molar-refractivity contribution in [2.75, 3.05) is 7.05 Å². The molecule has 0 fully saturated rings. The fraction of sp³-hybridized carbons (Fsp3) is 0.400. The van der Waals surface area contributed by atoms with Gasteiger partial charge in [0, 0.05) is 0 Å². The second-order valence-electron chi connectivity index (χ2n) is 6.88. The molecule has 0 saturated heterocycles. The topological polar surface area (TPSA) is 12.0 Å². The summed E-state index contributed by atoms with van der Waals surface area (Å²) in [5, 5.41) is 3.46. The van der Waals surface area contributed by atoms with Gasteiger partial charge in [-0.05, 0) is 54.1 Å². The molecule has 1 nitrogen and oxygen atoms in total. The lowest BCUT2D eigenvalue weighted by atomic mass is 9.85. The van der Waals surface area contributed by atoms with Crippen LogP contribution in [0.2, 0.25) is 0 Å². The number of aryl methyl sites for hydroxylation is 1. The summed E-state index contributed by atoms with van der Waals surface area (Å²) in [5.74, 6) is 0. The van der Waals surface area contributed by atoms with Crippen molar-refractivity contribution in [3.8, 4) is 0 Å². The molecule has 0 aliphatic carbocycles. The highest BCUT2D eigenvalue weighted by Gasteiger charge is 2.17. The van der Waals surface area contributed by atoms with Crippen LogP contribution in [0.4, 0.5) is 0 Å². The van der Waals surface area contributed by atoms with Crippen LogP contribution in [0.15, 0.2) is 42.5 Å². The van der Waals surface area contributed by atoms with E-state index in [2.05, 4.69) is 82.4 Å². The fourth-order valence-electron chi connectivity index (χ4n) is 2.76. The number of rotatable bonds is 3. The third kappa shape index (κ3) is 3.36. The van der Waals surface area contributed by atoms with Crippen molar-refractivity contribution < 1.29 is 0 Å². The highest BCUT2D eigenvalue weighted by atomic mass is 14.9. The molecule has 0 aliphatic heterocycles. The van der Waals surface area contributed by atoms with Gasteiger partial charge in [0.2, 0.25) is 0 Å². The number of hydrogen-bond donors (Lipinski definition) is 1. The van der Waals surface area contributed by atoms with E-state index in [1.807, 2.05) is 7.05 Å². The highest BCUT2D eigenvalue weighted by molar-refractivity contribution is 5.41. The van der Waals surface area contributed by atoms with E-state index in [-0.39, 0.29) is 11.5 Å². The summed E-state index contributed by atoms with van der Waals surface area (Å²) in [7, 11) is 2.03. The second kappa shape index (κ2) is 6.03. The van der Waals surface area contributed by atoms with E-state index in [4.69, 9.17) is 0 Å². The molecule has 0 aromatic heterocycles. The molecular formula is C20H27N. The predicted octanol–water partition coefficient (Wildman–Crippen LogP) is 4.91. The molecular weight excluding hydrogens is 254 g/mol. The first-order valence-corrected chi connectivity index (χ1v) is 7.68. The Morgan fingerprint density at radius 3 is 2.05 bits per heavy atom. The van der Waals surface area contributed by atoms with Gasteiger partial charge in [-0.2, -0.15) is 0 Å². The molecule has 1 unspecified atom stereocenters. The molecule has 0 spiro atoms. The van der Waals surface area contributed by atoms with Crippen molar-refractivity contribution in [2.24, 2.45) is 0 Å². The van der Waals surface area contributed by atoms with Gasteiger partial charge in [-0.15, -0.1) is 0 Å². The second-order valence-corrected chi connectivity index (χ2v) is 6.88. The summed E-state index contributed by atoms with van der Waals surface area (Å²) in [6.07, 6.45) is 0. The maximum absolute atomic E-state index is 3.46. The Hall–Kier alpha value is -1.60. The van der Waals surface area contributed by atoms with Crippen LogP contribution >= 0.6 is 0 Å². The lowest BCUT2D eigenvalue weighted by Crippen LogP contribution is -2.19. The largest absolute Gasteiger partial charge is 0.309 e. The SMILES string of the molecule is CNC(c1ccc(C(C)(C)C)cc1)c1cccc(C)c1C. The van der Waals surface area contributed by atoms with E-state index in [0.717, 1.165) is 0 Å². The molecule has 1 heteroatoms. The van der Waals surface area contributed by atoms with E-state index < -0.39 is 0 Å². The van der Waals surface area contributed by atoms with Gasteiger partial charge < -0.3 is 5.32 Å². The van der Waals surface area contributed by atoms with Gasteiger partial charge in [0.25, 0.3) is 0 Å². The lowest BCUT2D eigenvalue weighted by molar-refractivity contribution is 0.589. The first-order valence-electron chi connectivity index (χ1n) is 7.68. The van der Waals surface area contributed by atoms with Crippen molar-refractivity contribution in [3.63, 3.8) is 0 Å². The maximum Gasteiger partial charge on any atom is 0.0576 e. The first kappa shape index (κ1) is 15.8. The summed E-state index contributed by atoms with van der Waals surface area (Å²) in [4.78, 5) is 0. The Kier molecular flexibility index (Phi) is 4.53. The van der Waals surface area contributed by atoms with Crippen LogP contribution in [0.3, 0.4) is 0 Å². The Morgan fingerprint density at radius 1 is 0.905 bits per heavy atom. The van der Waals surface area contributed by atoms with Gasteiger partial charge >= 0.3 is 0 Å². The van der Waals surface area contributed by atoms with E-state index in [0.29, 0.717) is 0 Å². The standard InChI is InChI=1S/C20H27N/c1-14-8-7-9-18(15(14)2)19(21-6)16-10-12-17(13-11-16)20(3,4)5/h7-13,19,21H,1-6H3. The molecule has 1 atom stereocenters. The number of hydrogen-bond acceptors (Lipinski definition) is 1. The molecule has 1 N–H and O–H groups in total. The van der Waals surface area contributed by atoms with Crippen molar-refractivity contribution in [1.29, 1.82) is 0 Å². The van der Waals surface area contributed by atoms with Crippen LogP contribution in [0.5, 0.6) is 0 Å². The zero-order valence-corrected chi connectivity index (χ0v) is 14.1. The van der Waals surface area contributed by atoms with Gasteiger partial charge in [0.05, 0.1) is 6.04 Å². The Morgan fingerprint density at radius 2 is 1.52 bits per heavy atom. The Labute approximate surface area is 129 Å². The predicted molar refractivity (Wildman–Crippen MR) is 92.0 cm³/mol. The number of benzene rings is 2. The average Bonchev–Trinajstić information content (AvgIpc) is 2.44. The summed E-state index contributed by atoms with van der Waals surface area (Å²) >= 11 is 0. The zero-order chi connectivity index (χ0) is 15.6. The molecule has 0 aliphatic rings. The van der Waals surface area contributed by atoms with E-state index in [1.165, 1.54) is 27.8 Å². The van der Waals surface area contributed by atoms with Gasteiger partial charge in [-0.25, -0.2) is 0 Å². The van der Waals surface area contributed by atoms with Gasteiger partial charge in [0.1, 0.15) is 0 Å². The van der Waals surface area contributed by atoms with Crippen LogP contribution in [-0.4, -0.2) is 7.05 Å². The Balaban J connectivity index is 2.40. The van der Waals surface area contributed by atoms with Crippen LogP contribution in [0.1, 0.15) is 54.6 Å². The van der Waals surface area contributed by atoms with Gasteiger partial charge in [-0.3, -0.25) is 0 Å². The highest BCUT2D eigenvalue weighted by Crippen LogP contribution is 2.28. The van der Waals surface area contributed by atoms with E-state index in [9.17, 15) is 0 Å². The van der Waals surface area contributed by atoms with Crippen molar-refractivity contribution in [3.05, 3.63) is 70.3 Å². The van der Waals surface area contributed by atoms with Crippen LogP contribution in [0.25, 0.3) is 0 Å². The minimum absolute atomic E-state index is 0.201. The zero-order valence-electron chi connectivity index (χ0n) is 14.1. The molecule has 0 bridgehead atoms. The minimum Gasteiger partial charge on any atom is -0.309 e.